The third kappa shape index (κ3) is 2.54. The van der Waals surface area contributed by atoms with Gasteiger partial charge in [-0.15, -0.1) is 0 Å². The molecule has 0 saturated carbocycles. The number of nitrogens with zero attached hydrogens (tertiary/aromatic N) is 1. The predicted molar refractivity (Wildman–Crippen MR) is 75.6 cm³/mol. The highest BCUT2D eigenvalue weighted by atomic mass is 16.5. The highest BCUT2D eigenvalue weighted by Gasteiger charge is 2.27. The summed E-state index contributed by atoms with van der Waals surface area (Å²) >= 11 is 0. The molecule has 1 aromatic rings. The molecule has 0 aliphatic carbocycles. The second-order valence-corrected chi connectivity index (χ2v) is 5.22. The van der Waals surface area contributed by atoms with Crippen molar-refractivity contribution in [2.75, 3.05) is 30.0 Å². The number of benzene rings is 1. The van der Waals surface area contributed by atoms with E-state index in [4.69, 9.17) is 4.74 Å². The van der Waals surface area contributed by atoms with E-state index >= 15 is 0 Å². The van der Waals surface area contributed by atoms with Gasteiger partial charge in [0.05, 0.1) is 23.9 Å². The Hall–Kier alpha value is -1.88. The monoisotopic (exact) mass is 274 g/mol. The highest BCUT2D eigenvalue weighted by molar-refractivity contribution is 6.02. The lowest BCUT2D eigenvalue weighted by molar-refractivity contribution is -0.120. The van der Waals surface area contributed by atoms with Gasteiger partial charge in [0.2, 0.25) is 11.8 Å². The van der Waals surface area contributed by atoms with Crippen LogP contribution < -0.4 is 10.2 Å². The lowest BCUT2D eigenvalue weighted by atomic mass is 10.1. The first-order valence-electron chi connectivity index (χ1n) is 7.04. The molecule has 0 spiro atoms. The largest absolute Gasteiger partial charge is 0.381 e. The highest BCUT2D eigenvalue weighted by Crippen LogP contribution is 2.30. The van der Waals surface area contributed by atoms with Crippen molar-refractivity contribution in [1.82, 2.24) is 0 Å². The fraction of sp³-hybridized carbons (Fsp3) is 0.467. The van der Waals surface area contributed by atoms with Crippen molar-refractivity contribution in [1.29, 1.82) is 0 Å². The number of amides is 2. The number of nitrogens with one attached hydrogen (secondary N) is 1. The van der Waals surface area contributed by atoms with Crippen LogP contribution >= 0.6 is 0 Å². The van der Waals surface area contributed by atoms with Crippen LogP contribution in [-0.4, -0.2) is 31.6 Å². The van der Waals surface area contributed by atoms with Crippen molar-refractivity contribution in [3.63, 3.8) is 0 Å². The molecule has 2 saturated heterocycles. The van der Waals surface area contributed by atoms with Crippen molar-refractivity contribution in [3.8, 4) is 0 Å². The zero-order valence-corrected chi connectivity index (χ0v) is 11.3. The van der Waals surface area contributed by atoms with E-state index in [0.29, 0.717) is 25.3 Å². The van der Waals surface area contributed by atoms with E-state index in [0.717, 1.165) is 25.1 Å². The minimum Gasteiger partial charge on any atom is -0.381 e. The number of ether oxygens (including phenoxy) is 1. The van der Waals surface area contributed by atoms with E-state index in [1.165, 1.54) is 0 Å². The topological polar surface area (TPSA) is 58.6 Å². The number of hydrogen-bond donors (Lipinski definition) is 1. The van der Waals surface area contributed by atoms with Crippen molar-refractivity contribution < 1.29 is 14.3 Å². The Balaban J connectivity index is 1.79. The van der Waals surface area contributed by atoms with Crippen molar-refractivity contribution >= 4 is 23.2 Å². The molecule has 0 aromatic heterocycles. The van der Waals surface area contributed by atoms with Crippen LogP contribution in [0.4, 0.5) is 11.4 Å². The molecule has 1 aromatic carbocycles. The number of para-hydroxylation sites is 2. The minimum atomic E-state index is -0.0858. The van der Waals surface area contributed by atoms with E-state index in [2.05, 4.69) is 5.32 Å². The minimum absolute atomic E-state index is 0.0263. The molecule has 1 atom stereocenters. The Morgan fingerprint density at radius 1 is 1.35 bits per heavy atom. The van der Waals surface area contributed by atoms with E-state index in [-0.39, 0.29) is 17.7 Å². The average Bonchev–Trinajstić information content (AvgIpc) is 3.10. The standard InChI is InChI=1S/C15H18N2O3/c18-14-6-3-8-17(14)13-5-2-1-4-12(13)16-15(19)11-7-9-20-10-11/h1-2,4-5,11H,3,6-10H2,(H,16,19)/t11-/m0/s1. The summed E-state index contributed by atoms with van der Waals surface area (Å²) < 4.78 is 5.24. The zero-order valence-electron chi connectivity index (χ0n) is 11.3. The maximum atomic E-state index is 12.2. The van der Waals surface area contributed by atoms with Crippen LogP contribution in [0.15, 0.2) is 24.3 Å². The van der Waals surface area contributed by atoms with Crippen LogP contribution in [0.1, 0.15) is 19.3 Å². The van der Waals surface area contributed by atoms with Gasteiger partial charge in [0.15, 0.2) is 0 Å². The molecule has 5 heteroatoms. The molecule has 106 valence electrons. The molecule has 2 heterocycles. The van der Waals surface area contributed by atoms with Gasteiger partial charge in [-0.2, -0.15) is 0 Å². The van der Waals surface area contributed by atoms with Gasteiger partial charge < -0.3 is 15.0 Å². The summed E-state index contributed by atoms with van der Waals surface area (Å²) in [6.07, 6.45) is 2.22. The van der Waals surface area contributed by atoms with Gasteiger partial charge >= 0.3 is 0 Å². The van der Waals surface area contributed by atoms with Crippen LogP contribution in [0.2, 0.25) is 0 Å². The summed E-state index contributed by atoms with van der Waals surface area (Å²) in [5.41, 5.74) is 1.50. The fourth-order valence-electron chi connectivity index (χ4n) is 2.69. The molecule has 0 bridgehead atoms. The van der Waals surface area contributed by atoms with Gasteiger partial charge in [-0.25, -0.2) is 0 Å². The maximum absolute atomic E-state index is 12.2. The average molecular weight is 274 g/mol. The van der Waals surface area contributed by atoms with Gasteiger partial charge in [0, 0.05) is 19.6 Å². The lowest BCUT2D eigenvalue weighted by Crippen LogP contribution is -2.27. The van der Waals surface area contributed by atoms with Gasteiger partial charge in [-0.05, 0) is 25.0 Å². The van der Waals surface area contributed by atoms with Crippen LogP contribution in [0.3, 0.4) is 0 Å². The van der Waals surface area contributed by atoms with Crippen molar-refractivity contribution in [2.24, 2.45) is 5.92 Å². The molecule has 3 rings (SSSR count). The Morgan fingerprint density at radius 3 is 2.90 bits per heavy atom. The smallest absolute Gasteiger partial charge is 0.229 e. The maximum Gasteiger partial charge on any atom is 0.229 e. The number of carbonyl (C=O) groups is 2. The quantitative estimate of drug-likeness (QED) is 0.914. The molecule has 1 N–H and O–H groups in total. The van der Waals surface area contributed by atoms with E-state index in [1.54, 1.807) is 4.90 Å². The first kappa shape index (κ1) is 13.1. The Labute approximate surface area is 117 Å². The van der Waals surface area contributed by atoms with E-state index in [1.807, 2.05) is 24.3 Å². The normalized spacial score (nSPS) is 22.3. The van der Waals surface area contributed by atoms with Crippen LogP contribution in [0.25, 0.3) is 0 Å². The van der Waals surface area contributed by atoms with Gasteiger partial charge in [0.25, 0.3) is 0 Å². The van der Waals surface area contributed by atoms with Crippen LogP contribution in [0.5, 0.6) is 0 Å². The molecule has 2 fully saturated rings. The first-order valence-corrected chi connectivity index (χ1v) is 7.04. The van der Waals surface area contributed by atoms with Crippen LogP contribution in [-0.2, 0) is 14.3 Å². The van der Waals surface area contributed by atoms with Gasteiger partial charge in [0.1, 0.15) is 0 Å². The summed E-state index contributed by atoms with van der Waals surface area (Å²) in [4.78, 5) is 25.8. The predicted octanol–water partition coefficient (Wildman–Crippen LogP) is 1.79. The Bertz CT molecular complexity index is 524. The molecule has 2 aliphatic heterocycles. The molecular formula is C15H18N2O3. The zero-order chi connectivity index (χ0) is 13.9. The van der Waals surface area contributed by atoms with E-state index < -0.39 is 0 Å². The molecule has 0 radical (unpaired) electrons. The molecule has 5 nitrogen and oxygen atoms in total. The number of rotatable bonds is 3. The Morgan fingerprint density at radius 2 is 2.20 bits per heavy atom. The molecule has 20 heavy (non-hydrogen) atoms. The van der Waals surface area contributed by atoms with Crippen LogP contribution in [0, 0.1) is 5.92 Å². The number of hydrogen-bond acceptors (Lipinski definition) is 3. The molecule has 2 amide bonds. The van der Waals surface area contributed by atoms with Crippen molar-refractivity contribution in [2.45, 2.75) is 19.3 Å². The summed E-state index contributed by atoms with van der Waals surface area (Å²) in [6.45, 7) is 1.85. The SMILES string of the molecule is O=C(Nc1ccccc1N1CCCC1=O)[C@H]1CCOC1. The lowest BCUT2D eigenvalue weighted by Gasteiger charge is -2.20. The molecule has 0 unspecified atom stereocenters. The van der Waals surface area contributed by atoms with Crippen molar-refractivity contribution in [3.05, 3.63) is 24.3 Å². The van der Waals surface area contributed by atoms with Gasteiger partial charge in [-0.1, -0.05) is 12.1 Å². The Kier molecular flexibility index (Phi) is 3.69. The summed E-state index contributed by atoms with van der Waals surface area (Å²) in [5, 5.41) is 2.94. The summed E-state index contributed by atoms with van der Waals surface area (Å²) in [6, 6.07) is 7.47. The third-order valence-electron chi connectivity index (χ3n) is 3.83. The fourth-order valence-corrected chi connectivity index (χ4v) is 2.69. The summed E-state index contributed by atoms with van der Waals surface area (Å²) in [7, 11) is 0. The number of carbonyl (C=O) groups excluding carboxylic acids is 2. The first-order chi connectivity index (χ1) is 9.75. The van der Waals surface area contributed by atoms with Gasteiger partial charge in [-0.3, -0.25) is 9.59 Å². The second-order valence-electron chi connectivity index (χ2n) is 5.22. The third-order valence-corrected chi connectivity index (χ3v) is 3.83. The molecule has 2 aliphatic rings. The van der Waals surface area contributed by atoms with E-state index in [9.17, 15) is 9.59 Å². The number of anilines is 2. The molecular weight excluding hydrogens is 256 g/mol. The summed E-state index contributed by atoms with van der Waals surface area (Å²) in [5.74, 6) is 0.00910. The second kappa shape index (κ2) is 5.63.